The fourth-order valence-electron chi connectivity index (χ4n) is 4.07. The number of nitrogens with zero attached hydrogens (tertiary/aromatic N) is 2. The number of nitrogens with one attached hydrogen (secondary N) is 1. The number of carbonyl (C=O) groups is 2. The van der Waals surface area contributed by atoms with E-state index < -0.39 is 21.7 Å². The third-order valence-corrected chi connectivity index (χ3v) is 7.17. The summed E-state index contributed by atoms with van der Waals surface area (Å²) in [6, 6.07) is 6.32. The Hall–Kier alpha value is -2.68. The monoisotopic (exact) mass is 402 g/mol. The van der Waals surface area contributed by atoms with Crippen LogP contribution in [0.1, 0.15) is 57.4 Å². The van der Waals surface area contributed by atoms with E-state index in [4.69, 9.17) is 5.73 Å². The van der Waals surface area contributed by atoms with Crippen molar-refractivity contribution in [3.63, 3.8) is 0 Å². The molecular formula is C19H22N4O4S. The zero-order valence-corrected chi connectivity index (χ0v) is 16.2. The van der Waals surface area contributed by atoms with E-state index in [0.29, 0.717) is 17.8 Å². The van der Waals surface area contributed by atoms with Gasteiger partial charge in [-0.05, 0) is 44.2 Å². The quantitative estimate of drug-likeness (QED) is 0.801. The first kappa shape index (κ1) is 18.7. The summed E-state index contributed by atoms with van der Waals surface area (Å²) in [5.74, 6) is -0.821. The van der Waals surface area contributed by atoms with E-state index in [1.807, 2.05) is 0 Å². The Morgan fingerprint density at radius 1 is 1.18 bits per heavy atom. The molecule has 1 aromatic carbocycles. The Balaban J connectivity index is 1.68. The molecule has 1 fully saturated rings. The van der Waals surface area contributed by atoms with Crippen LogP contribution in [0.3, 0.4) is 0 Å². The summed E-state index contributed by atoms with van der Waals surface area (Å²) in [6.45, 7) is 0. The second-order valence-corrected chi connectivity index (χ2v) is 9.58. The first-order valence-electron chi connectivity index (χ1n) is 9.36. The van der Waals surface area contributed by atoms with Crippen LogP contribution in [0.2, 0.25) is 0 Å². The Morgan fingerprint density at radius 2 is 1.93 bits per heavy atom. The van der Waals surface area contributed by atoms with Gasteiger partial charge in [-0.15, -0.1) is 0 Å². The van der Waals surface area contributed by atoms with Crippen LogP contribution in [0.15, 0.2) is 24.3 Å². The second-order valence-electron chi connectivity index (χ2n) is 7.35. The van der Waals surface area contributed by atoms with Gasteiger partial charge in [-0.25, -0.2) is 8.42 Å². The van der Waals surface area contributed by atoms with Crippen molar-refractivity contribution in [3.05, 3.63) is 46.8 Å². The van der Waals surface area contributed by atoms with Gasteiger partial charge in [0.2, 0.25) is 0 Å². The molecule has 1 aliphatic carbocycles. The molecule has 148 valence electrons. The topological polar surface area (TPSA) is 124 Å². The number of rotatable bonds is 4. The number of para-hydroxylation sites is 1. The first-order chi connectivity index (χ1) is 13.4. The molecule has 8 nitrogen and oxygen atoms in total. The van der Waals surface area contributed by atoms with E-state index >= 15 is 0 Å². The van der Waals surface area contributed by atoms with Crippen LogP contribution in [0, 0.1) is 0 Å². The van der Waals surface area contributed by atoms with Crippen LogP contribution in [-0.4, -0.2) is 41.5 Å². The van der Waals surface area contributed by atoms with Gasteiger partial charge >= 0.3 is 0 Å². The first-order valence-corrected chi connectivity index (χ1v) is 11.2. The van der Waals surface area contributed by atoms with Crippen molar-refractivity contribution in [2.45, 2.75) is 38.1 Å². The zero-order valence-electron chi connectivity index (χ0n) is 15.3. The van der Waals surface area contributed by atoms with E-state index in [1.165, 1.54) is 0 Å². The number of benzene rings is 1. The third kappa shape index (κ3) is 3.42. The standard InChI is InChI=1S/C19H22N4O4S/c20-18(24)13-5-1-3-7-15(13)21-19(25)17-14-6-2-4-8-16(14)23(22-17)12-9-10-28(26,27)11-12/h1,3,5,7,12H,2,4,6,8-11H2,(H2,20,24)(H,21,25)/t12-/m1/s1. The van der Waals surface area contributed by atoms with Crippen LogP contribution in [0.25, 0.3) is 0 Å². The molecule has 0 unspecified atom stereocenters. The number of anilines is 1. The number of primary amides is 1. The summed E-state index contributed by atoms with van der Waals surface area (Å²) in [4.78, 5) is 24.6. The lowest BCUT2D eigenvalue weighted by Gasteiger charge is -2.17. The molecule has 1 aliphatic heterocycles. The predicted molar refractivity (Wildman–Crippen MR) is 104 cm³/mol. The molecule has 1 aromatic heterocycles. The highest BCUT2D eigenvalue weighted by Gasteiger charge is 2.34. The SMILES string of the molecule is NC(=O)c1ccccc1NC(=O)c1nn([C@@H]2CCS(=O)(=O)C2)c2c1CCCC2. The van der Waals surface area contributed by atoms with Crippen LogP contribution in [0.4, 0.5) is 5.69 Å². The van der Waals surface area contributed by atoms with Crippen molar-refractivity contribution in [1.82, 2.24) is 9.78 Å². The average molecular weight is 402 g/mol. The van der Waals surface area contributed by atoms with Crippen molar-refractivity contribution in [2.75, 3.05) is 16.8 Å². The Bertz CT molecular complexity index is 1060. The highest BCUT2D eigenvalue weighted by molar-refractivity contribution is 7.91. The fourth-order valence-corrected chi connectivity index (χ4v) is 5.76. The third-order valence-electron chi connectivity index (χ3n) is 5.42. The lowest BCUT2D eigenvalue weighted by atomic mass is 9.95. The van der Waals surface area contributed by atoms with Gasteiger partial charge in [0.25, 0.3) is 11.8 Å². The Labute approximate surface area is 163 Å². The molecular weight excluding hydrogens is 380 g/mol. The van der Waals surface area contributed by atoms with Crippen molar-refractivity contribution >= 4 is 27.3 Å². The maximum absolute atomic E-state index is 13.0. The minimum Gasteiger partial charge on any atom is -0.366 e. The molecule has 2 amide bonds. The maximum Gasteiger partial charge on any atom is 0.276 e. The van der Waals surface area contributed by atoms with E-state index in [-0.39, 0.29) is 23.1 Å². The molecule has 2 aromatic rings. The number of hydrogen-bond acceptors (Lipinski definition) is 5. The molecule has 2 heterocycles. The normalized spacial score (nSPS) is 20.5. The van der Waals surface area contributed by atoms with Crippen LogP contribution in [-0.2, 0) is 22.7 Å². The van der Waals surface area contributed by atoms with Gasteiger partial charge in [-0.2, -0.15) is 5.10 Å². The zero-order chi connectivity index (χ0) is 19.9. The molecule has 0 spiro atoms. The molecule has 4 rings (SSSR count). The van der Waals surface area contributed by atoms with Gasteiger partial charge in [0.15, 0.2) is 15.5 Å². The summed E-state index contributed by atoms with van der Waals surface area (Å²) in [5, 5.41) is 7.28. The van der Waals surface area contributed by atoms with Gasteiger partial charge in [-0.1, -0.05) is 12.1 Å². The summed E-state index contributed by atoms with van der Waals surface area (Å²) in [5.41, 5.74) is 8.09. The van der Waals surface area contributed by atoms with E-state index in [1.54, 1.807) is 28.9 Å². The van der Waals surface area contributed by atoms with Crippen LogP contribution < -0.4 is 11.1 Å². The number of amides is 2. The van der Waals surface area contributed by atoms with Gasteiger partial charge < -0.3 is 11.1 Å². The van der Waals surface area contributed by atoms with Gasteiger partial charge in [0.1, 0.15) is 0 Å². The lowest BCUT2D eigenvalue weighted by Crippen LogP contribution is -2.20. The summed E-state index contributed by atoms with van der Waals surface area (Å²) in [7, 11) is -3.06. The van der Waals surface area contributed by atoms with E-state index in [2.05, 4.69) is 10.4 Å². The Morgan fingerprint density at radius 3 is 2.64 bits per heavy atom. The molecule has 3 N–H and O–H groups in total. The van der Waals surface area contributed by atoms with Crippen molar-refractivity contribution in [2.24, 2.45) is 5.73 Å². The molecule has 0 bridgehead atoms. The second kappa shape index (κ2) is 7.05. The molecule has 1 saturated heterocycles. The highest BCUT2D eigenvalue weighted by atomic mass is 32.2. The fraction of sp³-hybridized carbons (Fsp3) is 0.421. The summed E-state index contributed by atoms with van der Waals surface area (Å²) in [6.07, 6.45) is 3.98. The van der Waals surface area contributed by atoms with Gasteiger partial charge in [-0.3, -0.25) is 14.3 Å². The van der Waals surface area contributed by atoms with Crippen molar-refractivity contribution in [1.29, 1.82) is 0 Å². The number of aromatic nitrogens is 2. The van der Waals surface area contributed by atoms with Gasteiger partial charge in [0.05, 0.1) is 28.8 Å². The summed E-state index contributed by atoms with van der Waals surface area (Å²) >= 11 is 0. The number of fused-ring (bicyclic) bond motifs is 1. The van der Waals surface area contributed by atoms with Crippen molar-refractivity contribution in [3.8, 4) is 0 Å². The van der Waals surface area contributed by atoms with Crippen LogP contribution in [0.5, 0.6) is 0 Å². The number of nitrogens with two attached hydrogens (primary N) is 1. The number of carbonyl (C=O) groups excluding carboxylic acids is 2. The molecule has 2 aliphatic rings. The molecule has 28 heavy (non-hydrogen) atoms. The predicted octanol–water partition coefficient (Wildman–Crippen LogP) is 1.47. The Kier molecular flexibility index (Phi) is 4.70. The minimum atomic E-state index is -3.06. The average Bonchev–Trinajstić information content (AvgIpc) is 3.22. The molecule has 0 radical (unpaired) electrons. The number of sulfone groups is 1. The van der Waals surface area contributed by atoms with E-state index in [9.17, 15) is 18.0 Å². The largest absolute Gasteiger partial charge is 0.366 e. The van der Waals surface area contributed by atoms with Gasteiger partial charge in [0, 0.05) is 11.3 Å². The smallest absolute Gasteiger partial charge is 0.276 e. The molecule has 9 heteroatoms. The van der Waals surface area contributed by atoms with E-state index in [0.717, 1.165) is 36.9 Å². The maximum atomic E-state index is 13.0. The minimum absolute atomic E-state index is 0.0622. The molecule has 0 saturated carbocycles. The lowest BCUT2D eigenvalue weighted by molar-refractivity contribution is 0.100. The van der Waals surface area contributed by atoms with Crippen LogP contribution >= 0.6 is 0 Å². The summed E-state index contributed by atoms with van der Waals surface area (Å²) < 4.78 is 25.6. The highest BCUT2D eigenvalue weighted by Crippen LogP contribution is 2.31. The van der Waals surface area contributed by atoms with Crippen molar-refractivity contribution < 1.29 is 18.0 Å². The molecule has 1 atom stereocenters. The number of hydrogen-bond donors (Lipinski definition) is 2.